The van der Waals surface area contributed by atoms with E-state index in [2.05, 4.69) is 0 Å². The van der Waals surface area contributed by atoms with Crippen molar-refractivity contribution in [3.8, 4) is 0 Å². The van der Waals surface area contributed by atoms with Gasteiger partial charge in [-0.25, -0.2) is 6.14 Å². The summed E-state index contributed by atoms with van der Waals surface area (Å²) < 4.78 is 20.1. The Morgan fingerprint density at radius 2 is 2.00 bits per heavy atom. The van der Waals surface area contributed by atoms with E-state index in [0.29, 0.717) is 0 Å². The number of allylic oxidation sites excluding steroid dienone is 1. The van der Waals surface area contributed by atoms with E-state index < -0.39 is 19.8 Å². The zero-order valence-corrected chi connectivity index (χ0v) is 5.41. The molecule has 0 rings (SSSR count). The maximum atomic E-state index is 9.62. The Hall–Kier alpha value is -0.260. The molecule has 0 unspecified atom stereocenters. The summed E-state index contributed by atoms with van der Waals surface area (Å²) in [4.78, 5) is 9.24. The zero-order valence-electron chi connectivity index (χ0n) is 3.26. The second-order valence-corrected chi connectivity index (χ2v) is 2.75. The van der Waals surface area contributed by atoms with Crippen LogP contribution in [0.2, 0.25) is 0 Å². The SMILES string of the molecule is O=[C]C=CI(=O)=O. The molecule has 0 aliphatic carbocycles. The molecule has 0 aromatic rings. The van der Waals surface area contributed by atoms with E-state index in [9.17, 15) is 10.9 Å². The third kappa shape index (κ3) is 5.74. The first-order valence-corrected chi connectivity index (χ1v) is 4.36. The highest BCUT2D eigenvalue weighted by molar-refractivity contribution is 14.2. The molecule has 0 aliphatic rings. The van der Waals surface area contributed by atoms with Crippen molar-refractivity contribution in [1.29, 1.82) is 0 Å². The second kappa shape index (κ2) is 3.91. The van der Waals surface area contributed by atoms with E-state index in [-0.39, 0.29) is 0 Å². The Morgan fingerprint density at radius 1 is 1.43 bits per heavy atom. The highest BCUT2D eigenvalue weighted by Gasteiger charge is 1.73. The van der Waals surface area contributed by atoms with Crippen molar-refractivity contribution in [2.24, 2.45) is 0 Å². The maximum absolute atomic E-state index is 9.62. The van der Waals surface area contributed by atoms with Crippen molar-refractivity contribution >= 4 is 26.1 Å². The van der Waals surface area contributed by atoms with E-state index in [1.165, 1.54) is 6.29 Å². The van der Waals surface area contributed by atoms with Gasteiger partial charge < -0.3 is 0 Å². The normalized spacial score (nSPS) is 10.4. The molecule has 0 amide bonds. The molecule has 0 heterocycles. The Labute approximate surface area is 47.6 Å². The quantitative estimate of drug-likeness (QED) is 0.503. The third-order valence-corrected chi connectivity index (χ3v) is 1.18. The molecule has 0 aromatic heterocycles. The van der Waals surface area contributed by atoms with Crippen LogP contribution in [0.5, 0.6) is 0 Å². The van der Waals surface area contributed by atoms with Crippen molar-refractivity contribution < 1.29 is 10.9 Å². The number of carbonyl (C=O) groups excluding carboxylic acids is 1. The van der Waals surface area contributed by atoms with Gasteiger partial charge >= 0.3 is 19.8 Å². The first kappa shape index (κ1) is 6.74. The monoisotopic (exact) mass is 213 g/mol. The van der Waals surface area contributed by atoms with Crippen LogP contribution in [0.1, 0.15) is 0 Å². The van der Waals surface area contributed by atoms with Crippen molar-refractivity contribution in [3.63, 3.8) is 0 Å². The molecule has 0 fully saturated rings. The predicted molar refractivity (Wildman–Crippen MR) is 30.2 cm³/mol. The van der Waals surface area contributed by atoms with E-state index in [1.807, 2.05) is 0 Å². The van der Waals surface area contributed by atoms with Gasteiger partial charge in [0.25, 0.3) is 0 Å². The van der Waals surface area contributed by atoms with Crippen LogP contribution in [0.15, 0.2) is 10.2 Å². The average molecular weight is 213 g/mol. The molecule has 0 N–H and O–H groups in total. The first-order chi connectivity index (χ1) is 3.27. The minimum Gasteiger partial charge on any atom is -0.286 e. The van der Waals surface area contributed by atoms with Crippen LogP contribution in [0.25, 0.3) is 0 Å². The van der Waals surface area contributed by atoms with E-state index in [1.54, 1.807) is 0 Å². The lowest BCUT2D eigenvalue weighted by molar-refractivity contribution is 0.564. The van der Waals surface area contributed by atoms with Gasteiger partial charge in [-0.15, -0.1) is 0 Å². The Kier molecular flexibility index (Phi) is 3.77. The van der Waals surface area contributed by atoms with Gasteiger partial charge in [0.2, 0.25) is 6.29 Å². The summed E-state index contributed by atoms with van der Waals surface area (Å²) in [6, 6.07) is 0. The van der Waals surface area contributed by atoms with Crippen LogP contribution in [-0.4, -0.2) is 6.29 Å². The minimum atomic E-state index is -3.27. The summed E-state index contributed by atoms with van der Waals surface area (Å²) in [5.74, 6) is 0. The van der Waals surface area contributed by atoms with Crippen LogP contribution < -0.4 is 0 Å². The fourth-order valence-corrected chi connectivity index (χ4v) is 0.518. The highest BCUT2D eigenvalue weighted by Crippen LogP contribution is 2.02. The second-order valence-electron chi connectivity index (χ2n) is 0.652. The van der Waals surface area contributed by atoms with Crippen molar-refractivity contribution in [2.45, 2.75) is 0 Å². The molecule has 4 heteroatoms. The van der Waals surface area contributed by atoms with E-state index >= 15 is 0 Å². The average Bonchev–Trinajstić information content (AvgIpc) is 1.61. The molecule has 0 saturated heterocycles. The first-order valence-electron chi connectivity index (χ1n) is 1.35. The summed E-state index contributed by atoms with van der Waals surface area (Å²) in [6.07, 6.45) is 2.15. The molecule has 0 spiro atoms. The molecule has 0 aromatic carbocycles. The zero-order chi connectivity index (χ0) is 5.70. The Morgan fingerprint density at radius 3 is 2.14 bits per heavy atom. The molecule has 0 atom stereocenters. The van der Waals surface area contributed by atoms with Crippen molar-refractivity contribution in [2.75, 3.05) is 0 Å². The lowest BCUT2D eigenvalue weighted by Gasteiger charge is -1.52. The lowest BCUT2D eigenvalue weighted by Crippen LogP contribution is -1.49. The van der Waals surface area contributed by atoms with Crippen LogP contribution in [-0.2, 0) is 10.9 Å². The highest BCUT2D eigenvalue weighted by atomic mass is 127. The molecule has 0 aliphatic heterocycles. The topological polar surface area (TPSA) is 51.2 Å². The predicted octanol–water partition coefficient (Wildman–Crippen LogP) is 0.807. The minimum absolute atomic E-state index is 0.838. The molecule has 7 heavy (non-hydrogen) atoms. The Balaban J connectivity index is 3.69. The number of halogens is 1. The fourth-order valence-electron chi connectivity index (χ4n) is 0.0772. The number of rotatable bonds is 2. The maximum Gasteiger partial charge on any atom is 0.333 e. The molecule has 3 nitrogen and oxygen atoms in total. The summed E-state index contributed by atoms with van der Waals surface area (Å²) in [5, 5.41) is 0. The van der Waals surface area contributed by atoms with Gasteiger partial charge in [0.1, 0.15) is 0 Å². The molecule has 0 bridgehead atoms. The Bertz CT molecular complexity index is 136. The van der Waals surface area contributed by atoms with E-state index in [4.69, 9.17) is 0 Å². The number of hydrogen-bond acceptors (Lipinski definition) is 3. The molecule has 0 saturated carbocycles. The van der Waals surface area contributed by atoms with Gasteiger partial charge in [-0.05, 0) is 0 Å². The smallest absolute Gasteiger partial charge is 0.286 e. The summed E-state index contributed by atoms with van der Waals surface area (Å²) in [5.41, 5.74) is 0. The standard InChI is InChI=1S/C3H2IO3/c5-3-1-2-4(6)7/h1-2H. The van der Waals surface area contributed by atoms with Crippen LogP contribution in [0, 0.1) is 0 Å². The van der Waals surface area contributed by atoms with Crippen LogP contribution in [0.3, 0.4) is 0 Å². The lowest BCUT2D eigenvalue weighted by atomic mass is 10.8. The van der Waals surface area contributed by atoms with Crippen LogP contribution in [0.4, 0.5) is 0 Å². The van der Waals surface area contributed by atoms with E-state index in [0.717, 1.165) is 10.2 Å². The van der Waals surface area contributed by atoms with Crippen molar-refractivity contribution in [1.82, 2.24) is 0 Å². The number of hydrogen-bond donors (Lipinski definition) is 0. The molecule has 1 radical (unpaired) electrons. The van der Waals surface area contributed by atoms with Crippen LogP contribution >= 0.6 is 19.8 Å². The molecular formula is C3H2IO3. The van der Waals surface area contributed by atoms with Gasteiger partial charge in [0, 0.05) is 10.2 Å². The van der Waals surface area contributed by atoms with Gasteiger partial charge in [0.15, 0.2) is 0 Å². The third-order valence-electron chi connectivity index (χ3n) is 0.234. The van der Waals surface area contributed by atoms with Gasteiger partial charge in [0.05, 0.1) is 0 Å². The molecular weight excluding hydrogens is 211 g/mol. The summed E-state index contributed by atoms with van der Waals surface area (Å²) >= 11 is -3.27. The van der Waals surface area contributed by atoms with Crippen molar-refractivity contribution in [3.05, 3.63) is 10.2 Å². The fraction of sp³-hybridized carbons (Fsp3) is 0. The molecule has 39 valence electrons. The largest absolute Gasteiger partial charge is 0.333 e. The van der Waals surface area contributed by atoms with Gasteiger partial charge in [-0.2, -0.15) is 0 Å². The van der Waals surface area contributed by atoms with Gasteiger partial charge in [-0.3, -0.25) is 4.79 Å². The summed E-state index contributed by atoms with van der Waals surface area (Å²) in [7, 11) is 0. The summed E-state index contributed by atoms with van der Waals surface area (Å²) in [6.45, 7) is 0. The van der Waals surface area contributed by atoms with Gasteiger partial charge in [-0.1, -0.05) is 0 Å².